The number of piperidine rings is 1. The van der Waals surface area contributed by atoms with Gasteiger partial charge in [0.2, 0.25) is 0 Å². The predicted octanol–water partition coefficient (Wildman–Crippen LogP) is 4.08. The van der Waals surface area contributed by atoms with E-state index in [1.165, 1.54) is 11.1 Å². The van der Waals surface area contributed by atoms with Crippen molar-refractivity contribution in [2.75, 3.05) is 6.61 Å². The van der Waals surface area contributed by atoms with Crippen LogP contribution in [0.4, 0.5) is 0 Å². The first kappa shape index (κ1) is 16.4. The smallest absolute Gasteiger partial charge is 0.134 e. The van der Waals surface area contributed by atoms with Gasteiger partial charge >= 0.3 is 0 Å². The van der Waals surface area contributed by atoms with Gasteiger partial charge in [0.1, 0.15) is 11.5 Å². The Hall–Kier alpha value is -0.970. The van der Waals surface area contributed by atoms with Crippen molar-refractivity contribution in [3.63, 3.8) is 0 Å². The lowest BCUT2D eigenvalue weighted by atomic mass is 9.75. The van der Waals surface area contributed by atoms with E-state index in [0.29, 0.717) is 23.3 Å². The van der Waals surface area contributed by atoms with Gasteiger partial charge in [0, 0.05) is 17.1 Å². The van der Waals surface area contributed by atoms with E-state index >= 15 is 0 Å². The molecule has 118 valence electrons. The zero-order chi connectivity index (χ0) is 15.8. The van der Waals surface area contributed by atoms with E-state index in [1.807, 2.05) is 27.7 Å². The van der Waals surface area contributed by atoms with Gasteiger partial charge in [-0.15, -0.1) is 0 Å². The first-order chi connectivity index (χ1) is 9.62. The molecule has 1 fully saturated rings. The van der Waals surface area contributed by atoms with Gasteiger partial charge < -0.3 is 15.1 Å². The van der Waals surface area contributed by atoms with Gasteiger partial charge in [0.15, 0.2) is 0 Å². The quantitative estimate of drug-likeness (QED) is 0.882. The van der Waals surface area contributed by atoms with Gasteiger partial charge in [-0.2, -0.15) is 5.06 Å². The van der Waals surface area contributed by atoms with E-state index < -0.39 is 0 Å². The predicted molar refractivity (Wildman–Crippen MR) is 83.1 cm³/mol. The van der Waals surface area contributed by atoms with Gasteiger partial charge in [-0.1, -0.05) is 11.6 Å². The zero-order valence-corrected chi connectivity index (χ0v) is 13.8. The Kier molecular flexibility index (Phi) is 4.43. The number of rotatable bonds is 3. The Morgan fingerprint density at radius 3 is 2.33 bits per heavy atom. The summed E-state index contributed by atoms with van der Waals surface area (Å²) in [6, 6.07) is 4.86. The van der Waals surface area contributed by atoms with E-state index in [2.05, 4.69) is 0 Å². The maximum atomic E-state index is 10.3. The van der Waals surface area contributed by atoms with E-state index in [4.69, 9.17) is 16.3 Å². The van der Waals surface area contributed by atoms with Crippen LogP contribution in [0.1, 0.15) is 40.5 Å². The fraction of sp³-hybridized carbons (Fsp3) is 0.625. The van der Waals surface area contributed by atoms with Crippen molar-refractivity contribution in [1.82, 2.24) is 5.06 Å². The summed E-state index contributed by atoms with van der Waals surface area (Å²) >= 11 is 5.88. The normalized spacial score (nSPS) is 22.2. The summed E-state index contributed by atoms with van der Waals surface area (Å²) in [5.41, 5.74) is -0.551. The second-order valence-electron chi connectivity index (χ2n) is 7.14. The number of hydroxylamine groups is 2. The fourth-order valence-electron chi connectivity index (χ4n) is 3.39. The summed E-state index contributed by atoms with van der Waals surface area (Å²) in [5, 5.41) is 21.4. The maximum absolute atomic E-state index is 10.3. The zero-order valence-electron chi connectivity index (χ0n) is 13.1. The molecular formula is C16H24ClNO3. The maximum Gasteiger partial charge on any atom is 0.134 e. The summed E-state index contributed by atoms with van der Waals surface area (Å²) in [7, 11) is 0. The van der Waals surface area contributed by atoms with Crippen LogP contribution in [0.5, 0.6) is 11.5 Å². The topological polar surface area (TPSA) is 52.9 Å². The van der Waals surface area contributed by atoms with Crippen LogP contribution >= 0.6 is 11.6 Å². The lowest BCUT2D eigenvalue weighted by Gasteiger charge is -2.51. The van der Waals surface area contributed by atoms with Crippen LogP contribution in [0.25, 0.3) is 0 Å². The van der Waals surface area contributed by atoms with Crippen molar-refractivity contribution in [3.8, 4) is 11.5 Å². The Morgan fingerprint density at radius 1 is 1.24 bits per heavy atom. The average molecular weight is 314 g/mol. The molecule has 0 aromatic heterocycles. The first-order valence-corrected chi connectivity index (χ1v) is 7.60. The van der Waals surface area contributed by atoms with Gasteiger partial charge in [-0.3, -0.25) is 0 Å². The molecule has 0 aliphatic carbocycles. The largest absolute Gasteiger partial charge is 0.506 e. The van der Waals surface area contributed by atoms with Gasteiger partial charge in [0.05, 0.1) is 11.6 Å². The van der Waals surface area contributed by atoms with E-state index in [1.54, 1.807) is 12.1 Å². The Morgan fingerprint density at radius 2 is 1.81 bits per heavy atom. The molecule has 1 aliphatic heterocycles. The van der Waals surface area contributed by atoms with Crippen molar-refractivity contribution >= 4 is 11.6 Å². The molecule has 0 bridgehead atoms. The lowest BCUT2D eigenvalue weighted by molar-refractivity contribution is -0.252. The molecule has 1 aromatic rings. The number of hydrogen-bond donors (Lipinski definition) is 2. The number of benzene rings is 1. The molecule has 2 rings (SSSR count). The molecule has 4 nitrogen and oxygen atoms in total. The monoisotopic (exact) mass is 313 g/mol. The molecule has 0 atom stereocenters. The summed E-state index contributed by atoms with van der Waals surface area (Å²) in [4.78, 5) is 0. The van der Waals surface area contributed by atoms with Crippen molar-refractivity contribution in [3.05, 3.63) is 23.2 Å². The van der Waals surface area contributed by atoms with Crippen molar-refractivity contribution in [1.29, 1.82) is 0 Å². The Bertz CT molecular complexity index is 498. The third kappa shape index (κ3) is 3.62. The van der Waals surface area contributed by atoms with Crippen LogP contribution < -0.4 is 4.74 Å². The molecule has 1 heterocycles. The van der Waals surface area contributed by atoms with Crippen LogP contribution in [0.15, 0.2) is 18.2 Å². The standard InChI is InChI=1S/C16H24ClNO3/c1-15(2)8-11(9-16(3,4)18(15)20)10-21-12-5-6-14(19)13(17)7-12/h5-7,11,19-20H,8-10H2,1-4H3. The van der Waals surface area contributed by atoms with Crippen molar-refractivity contribution in [2.45, 2.75) is 51.6 Å². The number of halogens is 1. The van der Waals surface area contributed by atoms with Crippen LogP contribution in [0, 0.1) is 5.92 Å². The molecule has 0 unspecified atom stereocenters. The van der Waals surface area contributed by atoms with E-state index in [0.717, 1.165) is 12.8 Å². The third-order valence-electron chi connectivity index (χ3n) is 4.13. The highest BCUT2D eigenvalue weighted by molar-refractivity contribution is 6.32. The number of hydrogen-bond acceptors (Lipinski definition) is 4. The third-order valence-corrected chi connectivity index (χ3v) is 4.43. The van der Waals surface area contributed by atoms with Crippen molar-refractivity contribution < 1.29 is 15.1 Å². The SMILES string of the molecule is CC1(C)CC(COc2ccc(O)c(Cl)c2)CC(C)(C)N1O. The van der Waals surface area contributed by atoms with Crippen LogP contribution in [0.3, 0.4) is 0 Å². The van der Waals surface area contributed by atoms with Gasteiger partial charge in [-0.05, 0) is 58.6 Å². The number of phenols is 1. The van der Waals surface area contributed by atoms with Gasteiger partial charge in [0.25, 0.3) is 0 Å². The highest BCUT2D eigenvalue weighted by Gasteiger charge is 2.45. The van der Waals surface area contributed by atoms with Crippen molar-refractivity contribution in [2.24, 2.45) is 5.92 Å². The average Bonchev–Trinajstić information content (AvgIpc) is 2.37. The molecule has 0 amide bonds. The second kappa shape index (κ2) is 5.67. The molecule has 1 saturated heterocycles. The second-order valence-corrected chi connectivity index (χ2v) is 7.54. The fourth-order valence-corrected chi connectivity index (χ4v) is 3.56. The first-order valence-electron chi connectivity index (χ1n) is 7.22. The molecular weight excluding hydrogens is 290 g/mol. The van der Waals surface area contributed by atoms with Crippen LogP contribution in [-0.4, -0.2) is 33.1 Å². The molecule has 2 N–H and O–H groups in total. The van der Waals surface area contributed by atoms with E-state index in [-0.39, 0.29) is 16.8 Å². The number of ether oxygens (including phenoxy) is 1. The summed E-state index contributed by atoms with van der Waals surface area (Å²) in [6.45, 7) is 8.73. The molecule has 0 spiro atoms. The minimum Gasteiger partial charge on any atom is -0.506 e. The Labute approximate surface area is 131 Å². The molecule has 0 radical (unpaired) electrons. The number of nitrogens with zero attached hydrogens (tertiary/aromatic N) is 1. The highest BCUT2D eigenvalue weighted by Crippen LogP contribution is 2.40. The minimum absolute atomic E-state index is 0.0554. The van der Waals surface area contributed by atoms with E-state index in [9.17, 15) is 10.3 Å². The molecule has 5 heteroatoms. The van der Waals surface area contributed by atoms with Crippen LogP contribution in [0.2, 0.25) is 5.02 Å². The summed E-state index contributed by atoms with van der Waals surface area (Å²) in [5.74, 6) is 1.06. The minimum atomic E-state index is -0.275. The highest BCUT2D eigenvalue weighted by atomic mass is 35.5. The molecule has 1 aromatic carbocycles. The summed E-state index contributed by atoms with van der Waals surface area (Å²) in [6.07, 6.45) is 1.72. The van der Waals surface area contributed by atoms with Crippen LogP contribution in [-0.2, 0) is 0 Å². The Balaban J connectivity index is 2.01. The van der Waals surface area contributed by atoms with Gasteiger partial charge in [-0.25, -0.2) is 0 Å². The molecule has 0 saturated carbocycles. The number of phenolic OH excluding ortho intramolecular Hbond substituents is 1. The number of aromatic hydroxyl groups is 1. The lowest BCUT2D eigenvalue weighted by Crippen LogP contribution is -2.59. The summed E-state index contributed by atoms with van der Waals surface area (Å²) < 4.78 is 5.81. The molecule has 21 heavy (non-hydrogen) atoms. The molecule has 1 aliphatic rings.